The summed E-state index contributed by atoms with van der Waals surface area (Å²) < 4.78 is 5.38. The van der Waals surface area contributed by atoms with E-state index < -0.39 is 0 Å². The topological polar surface area (TPSA) is 93.0 Å². The highest BCUT2D eigenvalue weighted by atomic mass is 16.5. The Morgan fingerprint density at radius 1 is 1.63 bits per heavy atom. The van der Waals surface area contributed by atoms with Gasteiger partial charge in [-0.25, -0.2) is 0 Å². The first-order chi connectivity index (χ1) is 9.09. The van der Waals surface area contributed by atoms with Crippen LogP contribution in [0.15, 0.2) is 0 Å². The van der Waals surface area contributed by atoms with E-state index in [9.17, 15) is 4.79 Å². The van der Waals surface area contributed by atoms with Crippen molar-refractivity contribution in [1.29, 1.82) is 0 Å². The van der Waals surface area contributed by atoms with Crippen LogP contribution >= 0.6 is 0 Å². The maximum Gasteiger partial charge on any atom is 0.273 e. The summed E-state index contributed by atoms with van der Waals surface area (Å²) in [6, 6.07) is 0. The Morgan fingerprint density at radius 3 is 3.00 bits per heavy atom. The van der Waals surface area contributed by atoms with Gasteiger partial charge in [0, 0.05) is 13.2 Å². The molecule has 0 aliphatic carbocycles. The molecular weight excluding hydrogens is 244 g/mol. The Bertz CT molecular complexity index is 436. The van der Waals surface area contributed by atoms with E-state index in [1.165, 1.54) is 0 Å². The lowest BCUT2D eigenvalue weighted by atomic mass is 10.0. The lowest BCUT2D eigenvalue weighted by Crippen LogP contribution is -2.33. The van der Waals surface area contributed by atoms with Crippen molar-refractivity contribution in [1.82, 2.24) is 15.5 Å². The largest absolute Gasteiger partial charge is 0.395 e. The van der Waals surface area contributed by atoms with Crippen LogP contribution in [0.2, 0.25) is 0 Å². The molecule has 1 fully saturated rings. The summed E-state index contributed by atoms with van der Waals surface area (Å²) in [4.78, 5) is 12.0. The summed E-state index contributed by atoms with van der Waals surface area (Å²) in [6.07, 6.45) is 2.15. The van der Waals surface area contributed by atoms with Gasteiger partial charge in [0.2, 0.25) is 0 Å². The molecule has 0 bridgehead atoms. The second-order valence-corrected chi connectivity index (χ2v) is 5.35. The summed E-state index contributed by atoms with van der Waals surface area (Å²) in [6.45, 7) is 6.17. The molecule has 0 radical (unpaired) electrons. The molecule has 19 heavy (non-hydrogen) atoms. The van der Waals surface area contributed by atoms with Crippen LogP contribution < -0.4 is 11.1 Å². The van der Waals surface area contributed by atoms with E-state index in [-0.39, 0.29) is 11.8 Å². The van der Waals surface area contributed by atoms with Gasteiger partial charge in [-0.15, -0.1) is 0 Å². The number of carbonyl (C=O) groups excluding carboxylic acids is 1. The molecule has 6 nitrogen and oxygen atoms in total. The normalized spacial score (nSPS) is 19.6. The standard InChI is InChI=1S/C13H22N4O2/c1-8(2)11-10(14)12(17-16-11)13(18)15-6-9-4-3-5-19-7-9/h8-9H,3-7,14H2,1-2H3,(H,15,18)(H,16,17). The van der Waals surface area contributed by atoms with Crippen LogP contribution in [-0.2, 0) is 4.74 Å². The number of rotatable bonds is 4. The van der Waals surface area contributed by atoms with Crippen molar-refractivity contribution in [3.63, 3.8) is 0 Å². The van der Waals surface area contributed by atoms with E-state index in [2.05, 4.69) is 15.5 Å². The van der Waals surface area contributed by atoms with Gasteiger partial charge in [0.25, 0.3) is 5.91 Å². The highest BCUT2D eigenvalue weighted by Gasteiger charge is 2.20. The van der Waals surface area contributed by atoms with Crippen LogP contribution in [-0.4, -0.2) is 35.9 Å². The molecular formula is C13H22N4O2. The molecule has 0 spiro atoms. The first-order valence-electron chi connectivity index (χ1n) is 6.79. The van der Waals surface area contributed by atoms with Crippen LogP contribution in [0, 0.1) is 5.92 Å². The van der Waals surface area contributed by atoms with Gasteiger partial charge in [-0.3, -0.25) is 9.89 Å². The zero-order valence-electron chi connectivity index (χ0n) is 11.5. The Balaban J connectivity index is 1.92. The van der Waals surface area contributed by atoms with E-state index in [1.54, 1.807) is 0 Å². The van der Waals surface area contributed by atoms with Gasteiger partial charge in [0.05, 0.1) is 18.0 Å². The second kappa shape index (κ2) is 6.06. The molecule has 106 valence electrons. The third-order valence-electron chi connectivity index (χ3n) is 3.43. The fourth-order valence-corrected chi connectivity index (χ4v) is 2.27. The van der Waals surface area contributed by atoms with Gasteiger partial charge < -0.3 is 15.8 Å². The number of hydrogen-bond acceptors (Lipinski definition) is 4. The summed E-state index contributed by atoms with van der Waals surface area (Å²) in [5.74, 6) is 0.398. The van der Waals surface area contributed by atoms with Gasteiger partial charge in [-0.2, -0.15) is 5.10 Å². The predicted octanol–water partition coefficient (Wildman–Crippen LogP) is 1.27. The molecule has 1 aromatic heterocycles. The number of carbonyl (C=O) groups is 1. The van der Waals surface area contributed by atoms with E-state index in [0.29, 0.717) is 30.5 Å². The Hall–Kier alpha value is -1.56. The Labute approximate surface area is 113 Å². The quantitative estimate of drug-likeness (QED) is 0.765. The molecule has 4 N–H and O–H groups in total. The van der Waals surface area contributed by atoms with Crippen LogP contribution in [0.1, 0.15) is 48.8 Å². The lowest BCUT2D eigenvalue weighted by Gasteiger charge is -2.21. The molecule has 2 rings (SSSR count). The number of anilines is 1. The molecule has 1 atom stereocenters. The van der Waals surface area contributed by atoms with E-state index >= 15 is 0 Å². The molecule has 6 heteroatoms. The maximum atomic E-state index is 12.0. The number of nitrogens with two attached hydrogens (primary N) is 1. The average molecular weight is 266 g/mol. The molecule has 2 heterocycles. The zero-order chi connectivity index (χ0) is 13.8. The summed E-state index contributed by atoms with van der Waals surface area (Å²) in [5, 5.41) is 9.72. The van der Waals surface area contributed by atoms with Crippen molar-refractivity contribution in [3.8, 4) is 0 Å². The number of nitrogens with one attached hydrogen (secondary N) is 2. The average Bonchev–Trinajstić information content (AvgIpc) is 2.79. The van der Waals surface area contributed by atoms with E-state index in [0.717, 1.165) is 25.1 Å². The van der Waals surface area contributed by atoms with Gasteiger partial charge >= 0.3 is 0 Å². The number of amides is 1. The van der Waals surface area contributed by atoms with E-state index in [1.807, 2.05) is 13.8 Å². The summed E-state index contributed by atoms with van der Waals surface area (Å²) >= 11 is 0. The molecule has 1 aromatic rings. The Morgan fingerprint density at radius 2 is 2.42 bits per heavy atom. The van der Waals surface area contributed by atoms with Crippen LogP contribution in [0.5, 0.6) is 0 Å². The molecule has 0 saturated carbocycles. The van der Waals surface area contributed by atoms with Crippen molar-refractivity contribution in [3.05, 3.63) is 11.4 Å². The summed E-state index contributed by atoms with van der Waals surface area (Å²) in [7, 11) is 0. The maximum absolute atomic E-state index is 12.0. The van der Waals surface area contributed by atoms with E-state index in [4.69, 9.17) is 10.5 Å². The first kappa shape index (κ1) is 13.9. The zero-order valence-corrected chi connectivity index (χ0v) is 11.5. The van der Waals surface area contributed by atoms with Crippen LogP contribution in [0.4, 0.5) is 5.69 Å². The van der Waals surface area contributed by atoms with Crippen molar-refractivity contribution in [2.45, 2.75) is 32.6 Å². The predicted molar refractivity (Wildman–Crippen MR) is 73.0 cm³/mol. The fraction of sp³-hybridized carbons (Fsp3) is 0.692. The smallest absolute Gasteiger partial charge is 0.273 e. The van der Waals surface area contributed by atoms with Gasteiger partial charge in [0.15, 0.2) is 5.69 Å². The number of nitrogens with zero attached hydrogens (tertiary/aromatic N) is 1. The van der Waals surface area contributed by atoms with Crippen molar-refractivity contribution in [2.75, 3.05) is 25.5 Å². The highest BCUT2D eigenvalue weighted by molar-refractivity contribution is 5.97. The van der Waals surface area contributed by atoms with Crippen molar-refractivity contribution < 1.29 is 9.53 Å². The number of aromatic nitrogens is 2. The number of nitrogen functional groups attached to an aromatic ring is 1. The first-order valence-corrected chi connectivity index (χ1v) is 6.79. The SMILES string of the molecule is CC(C)c1[nH]nc(C(=O)NCC2CCCOC2)c1N. The summed E-state index contributed by atoms with van der Waals surface area (Å²) in [5.41, 5.74) is 7.49. The molecule has 1 unspecified atom stereocenters. The number of H-pyrrole nitrogens is 1. The third kappa shape index (κ3) is 3.26. The molecule has 1 amide bonds. The highest BCUT2D eigenvalue weighted by Crippen LogP contribution is 2.22. The minimum Gasteiger partial charge on any atom is -0.395 e. The number of aromatic amines is 1. The number of ether oxygens (including phenoxy) is 1. The lowest BCUT2D eigenvalue weighted by molar-refractivity contribution is 0.0536. The Kier molecular flexibility index (Phi) is 4.42. The third-order valence-corrected chi connectivity index (χ3v) is 3.43. The number of hydrogen-bond donors (Lipinski definition) is 3. The molecule has 1 saturated heterocycles. The van der Waals surface area contributed by atoms with Crippen LogP contribution in [0.3, 0.4) is 0 Å². The monoisotopic (exact) mass is 266 g/mol. The van der Waals surface area contributed by atoms with Crippen molar-refractivity contribution >= 4 is 11.6 Å². The van der Waals surface area contributed by atoms with Crippen molar-refractivity contribution in [2.24, 2.45) is 5.92 Å². The van der Waals surface area contributed by atoms with Gasteiger partial charge in [-0.1, -0.05) is 13.8 Å². The molecule has 1 aliphatic rings. The fourth-order valence-electron chi connectivity index (χ4n) is 2.27. The van der Waals surface area contributed by atoms with Crippen LogP contribution in [0.25, 0.3) is 0 Å². The minimum atomic E-state index is -0.216. The van der Waals surface area contributed by atoms with Gasteiger partial charge in [-0.05, 0) is 24.7 Å². The molecule has 0 aromatic carbocycles. The van der Waals surface area contributed by atoms with Gasteiger partial charge in [0.1, 0.15) is 0 Å². The minimum absolute atomic E-state index is 0.216. The molecule has 1 aliphatic heterocycles. The second-order valence-electron chi connectivity index (χ2n) is 5.35.